The first-order valence-corrected chi connectivity index (χ1v) is 6.56. The molecule has 0 unspecified atom stereocenters. The molecule has 0 aliphatic heterocycles. The highest BCUT2D eigenvalue weighted by atomic mass is 79.9. The number of hydrogen-bond donors (Lipinski definition) is 1. The fraction of sp³-hybridized carbons (Fsp3) is 0.214. The zero-order valence-corrected chi connectivity index (χ0v) is 11.8. The Morgan fingerprint density at radius 2 is 2.17 bits per heavy atom. The average molecular weight is 307 g/mol. The van der Waals surface area contributed by atoms with Gasteiger partial charge < -0.3 is 10.1 Å². The molecule has 0 amide bonds. The first kappa shape index (κ1) is 12.9. The van der Waals surface area contributed by atoms with E-state index in [1.807, 2.05) is 42.6 Å². The van der Waals surface area contributed by atoms with E-state index in [0.29, 0.717) is 0 Å². The van der Waals surface area contributed by atoms with Gasteiger partial charge in [0, 0.05) is 35.4 Å². The van der Waals surface area contributed by atoms with Crippen LogP contribution in [0, 0.1) is 0 Å². The van der Waals surface area contributed by atoms with Crippen molar-refractivity contribution in [3.8, 4) is 5.75 Å². The molecular formula is C14H15BrN2O. The number of aromatic nitrogens is 1. The van der Waals surface area contributed by atoms with Crippen LogP contribution in [0.3, 0.4) is 0 Å². The summed E-state index contributed by atoms with van der Waals surface area (Å²) >= 11 is 3.51. The van der Waals surface area contributed by atoms with Gasteiger partial charge in [0.15, 0.2) is 0 Å². The predicted molar refractivity (Wildman–Crippen MR) is 77.1 cm³/mol. The van der Waals surface area contributed by atoms with Crippen molar-refractivity contribution in [1.82, 2.24) is 4.98 Å². The van der Waals surface area contributed by atoms with Gasteiger partial charge in [-0.3, -0.25) is 4.98 Å². The van der Waals surface area contributed by atoms with E-state index in [1.54, 1.807) is 7.11 Å². The Hall–Kier alpha value is -1.55. The predicted octanol–water partition coefficient (Wildman–Crippen LogP) is 3.51. The minimum Gasteiger partial charge on any atom is -0.497 e. The number of methoxy groups -OCH3 is 1. The largest absolute Gasteiger partial charge is 0.497 e. The highest BCUT2D eigenvalue weighted by Gasteiger charge is 2.01. The zero-order chi connectivity index (χ0) is 12.8. The lowest BCUT2D eigenvalue weighted by Crippen LogP contribution is -2.06. The summed E-state index contributed by atoms with van der Waals surface area (Å²) in [6, 6.07) is 11.8. The first-order valence-electron chi connectivity index (χ1n) is 5.77. The van der Waals surface area contributed by atoms with E-state index < -0.39 is 0 Å². The van der Waals surface area contributed by atoms with Crippen LogP contribution in [-0.4, -0.2) is 18.6 Å². The monoisotopic (exact) mass is 306 g/mol. The lowest BCUT2D eigenvalue weighted by atomic mass is 10.2. The second-order valence-electron chi connectivity index (χ2n) is 3.84. The molecule has 0 saturated carbocycles. The summed E-state index contributed by atoms with van der Waals surface area (Å²) in [5.74, 6) is 0.846. The molecule has 0 spiro atoms. The van der Waals surface area contributed by atoms with Crippen molar-refractivity contribution in [2.24, 2.45) is 0 Å². The normalized spacial score (nSPS) is 10.1. The summed E-state index contributed by atoms with van der Waals surface area (Å²) in [4.78, 5) is 4.29. The molecule has 0 aliphatic carbocycles. The smallest absolute Gasteiger partial charge is 0.121 e. The number of anilines is 1. The summed E-state index contributed by atoms with van der Waals surface area (Å²) in [5.41, 5.74) is 2.12. The standard InChI is InChI=1S/C14H15BrN2O/c1-18-12-5-6-13(15)14(10-12)17-9-7-11-4-2-3-8-16-11/h2-6,8,10,17H,7,9H2,1H3. The number of pyridine rings is 1. The van der Waals surface area contributed by atoms with Crippen molar-refractivity contribution in [2.75, 3.05) is 19.0 Å². The van der Waals surface area contributed by atoms with Gasteiger partial charge in [-0.1, -0.05) is 6.07 Å². The number of rotatable bonds is 5. The molecule has 1 heterocycles. The van der Waals surface area contributed by atoms with Gasteiger partial charge in [0.05, 0.1) is 12.8 Å². The third kappa shape index (κ3) is 3.47. The van der Waals surface area contributed by atoms with Crippen molar-refractivity contribution in [2.45, 2.75) is 6.42 Å². The lowest BCUT2D eigenvalue weighted by Gasteiger charge is -2.10. The average Bonchev–Trinajstić information content (AvgIpc) is 2.42. The molecule has 0 atom stereocenters. The maximum absolute atomic E-state index is 5.20. The van der Waals surface area contributed by atoms with Crippen molar-refractivity contribution in [3.05, 3.63) is 52.8 Å². The van der Waals surface area contributed by atoms with E-state index in [9.17, 15) is 0 Å². The second kappa shape index (κ2) is 6.40. The molecule has 0 fully saturated rings. The van der Waals surface area contributed by atoms with Crippen molar-refractivity contribution < 1.29 is 4.74 Å². The van der Waals surface area contributed by atoms with Crippen LogP contribution in [0.4, 0.5) is 5.69 Å². The molecular weight excluding hydrogens is 292 g/mol. The summed E-state index contributed by atoms with van der Waals surface area (Å²) < 4.78 is 6.23. The van der Waals surface area contributed by atoms with Crippen LogP contribution in [0.15, 0.2) is 47.1 Å². The molecule has 1 N–H and O–H groups in total. The molecule has 1 aromatic heterocycles. The van der Waals surface area contributed by atoms with Gasteiger partial charge >= 0.3 is 0 Å². The lowest BCUT2D eigenvalue weighted by molar-refractivity contribution is 0.415. The van der Waals surface area contributed by atoms with Crippen molar-refractivity contribution >= 4 is 21.6 Å². The summed E-state index contributed by atoms with van der Waals surface area (Å²) in [5, 5.41) is 3.37. The van der Waals surface area contributed by atoms with Crippen LogP contribution < -0.4 is 10.1 Å². The Bertz CT molecular complexity index is 502. The Balaban J connectivity index is 1.94. The Morgan fingerprint density at radius 1 is 1.28 bits per heavy atom. The molecule has 94 valence electrons. The molecule has 2 rings (SSSR count). The number of halogens is 1. The first-order chi connectivity index (χ1) is 8.79. The van der Waals surface area contributed by atoms with Crippen molar-refractivity contribution in [3.63, 3.8) is 0 Å². The molecule has 0 saturated heterocycles. The van der Waals surface area contributed by atoms with Crippen LogP contribution in [-0.2, 0) is 6.42 Å². The van der Waals surface area contributed by atoms with E-state index in [2.05, 4.69) is 26.2 Å². The Labute approximate surface area is 115 Å². The molecule has 3 nitrogen and oxygen atoms in total. The third-order valence-electron chi connectivity index (χ3n) is 2.60. The topological polar surface area (TPSA) is 34.1 Å². The fourth-order valence-corrected chi connectivity index (χ4v) is 2.02. The SMILES string of the molecule is COc1ccc(Br)c(NCCc2ccccn2)c1. The zero-order valence-electron chi connectivity index (χ0n) is 10.2. The number of nitrogens with one attached hydrogen (secondary N) is 1. The van der Waals surface area contributed by atoms with E-state index in [0.717, 1.165) is 34.6 Å². The minimum absolute atomic E-state index is 0.836. The Kier molecular flexibility index (Phi) is 4.59. The van der Waals surface area contributed by atoms with Crippen LogP contribution in [0.25, 0.3) is 0 Å². The minimum atomic E-state index is 0.836. The van der Waals surface area contributed by atoms with E-state index in [-0.39, 0.29) is 0 Å². The molecule has 0 bridgehead atoms. The van der Waals surface area contributed by atoms with Crippen LogP contribution in [0.5, 0.6) is 5.75 Å². The number of nitrogens with zero attached hydrogens (tertiary/aromatic N) is 1. The van der Waals surface area contributed by atoms with E-state index >= 15 is 0 Å². The van der Waals surface area contributed by atoms with Gasteiger partial charge in [-0.2, -0.15) is 0 Å². The number of ether oxygens (including phenoxy) is 1. The highest BCUT2D eigenvalue weighted by molar-refractivity contribution is 9.10. The van der Waals surface area contributed by atoms with Gasteiger partial charge in [-0.05, 0) is 40.2 Å². The molecule has 0 radical (unpaired) electrons. The highest BCUT2D eigenvalue weighted by Crippen LogP contribution is 2.26. The van der Waals surface area contributed by atoms with Crippen molar-refractivity contribution in [1.29, 1.82) is 0 Å². The van der Waals surface area contributed by atoms with Gasteiger partial charge in [0.1, 0.15) is 5.75 Å². The molecule has 4 heteroatoms. The van der Waals surface area contributed by atoms with Gasteiger partial charge in [-0.25, -0.2) is 0 Å². The maximum atomic E-state index is 5.20. The van der Waals surface area contributed by atoms with Crippen LogP contribution in [0.1, 0.15) is 5.69 Å². The summed E-state index contributed by atoms with van der Waals surface area (Å²) in [6.07, 6.45) is 2.71. The van der Waals surface area contributed by atoms with Gasteiger partial charge in [-0.15, -0.1) is 0 Å². The summed E-state index contributed by atoms with van der Waals surface area (Å²) in [6.45, 7) is 0.836. The quantitative estimate of drug-likeness (QED) is 0.918. The van der Waals surface area contributed by atoms with Gasteiger partial charge in [0.25, 0.3) is 0 Å². The van der Waals surface area contributed by atoms with E-state index in [1.165, 1.54) is 0 Å². The molecule has 2 aromatic rings. The second-order valence-corrected chi connectivity index (χ2v) is 4.70. The molecule has 0 aliphatic rings. The third-order valence-corrected chi connectivity index (χ3v) is 3.29. The number of benzene rings is 1. The van der Waals surface area contributed by atoms with Gasteiger partial charge in [0.2, 0.25) is 0 Å². The Morgan fingerprint density at radius 3 is 2.89 bits per heavy atom. The van der Waals surface area contributed by atoms with Crippen LogP contribution >= 0.6 is 15.9 Å². The van der Waals surface area contributed by atoms with E-state index in [4.69, 9.17) is 4.74 Å². The maximum Gasteiger partial charge on any atom is 0.121 e. The molecule has 1 aromatic carbocycles. The summed E-state index contributed by atoms with van der Waals surface area (Å²) in [7, 11) is 1.67. The number of hydrogen-bond acceptors (Lipinski definition) is 3. The van der Waals surface area contributed by atoms with Crippen LogP contribution in [0.2, 0.25) is 0 Å². The molecule has 18 heavy (non-hydrogen) atoms. The fourth-order valence-electron chi connectivity index (χ4n) is 1.64.